The molecule has 3 heteroatoms. The molecule has 0 aromatic heterocycles. The van der Waals surface area contributed by atoms with Crippen LogP contribution in [0.1, 0.15) is 26.2 Å². The van der Waals surface area contributed by atoms with E-state index < -0.39 is 0 Å². The Morgan fingerprint density at radius 2 is 2.14 bits per heavy atom. The zero-order valence-electron chi connectivity index (χ0n) is 9.17. The SMILES string of the molecule is C=C(COCCCCCO)C(C)CN. The molecule has 1 atom stereocenters. The number of hydrogen-bond acceptors (Lipinski definition) is 3. The van der Waals surface area contributed by atoms with E-state index in [9.17, 15) is 0 Å². The van der Waals surface area contributed by atoms with Gasteiger partial charge in [0, 0.05) is 13.2 Å². The van der Waals surface area contributed by atoms with Gasteiger partial charge in [-0.2, -0.15) is 0 Å². The number of unbranched alkanes of at least 4 members (excludes halogenated alkanes) is 2. The van der Waals surface area contributed by atoms with E-state index in [2.05, 4.69) is 13.5 Å². The Bertz CT molecular complexity index is 148. The Hall–Kier alpha value is -0.380. The molecule has 0 rings (SSSR count). The van der Waals surface area contributed by atoms with Gasteiger partial charge in [-0.1, -0.05) is 13.5 Å². The van der Waals surface area contributed by atoms with Gasteiger partial charge in [-0.25, -0.2) is 0 Å². The fraction of sp³-hybridized carbons (Fsp3) is 0.818. The van der Waals surface area contributed by atoms with Gasteiger partial charge in [-0.15, -0.1) is 0 Å². The largest absolute Gasteiger partial charge is 0.396 e. The second kappa shape index (κ2) is 9.19. The van der Waals surface area contributed by atoms with Crippen LogP contribution in [0.15, 0.2) is 12.2 Å². The normalized spacial score (nSPS) is 12.8. The maximum Gasteiger partial charge on any atom is 0.0677 e. The molecule has 84 valence electrons. The van der Waals surface area contributed by atoms with E-state index in [1.807, 2.05) is 0 Å². The summed E-state index contributed by atoms with van der Waals surface area (Å²) in [6.45, 7) is 8.23. The van der Waals surface area contributed by atoms with Crippen molar-refractivity contribution in [3.8, 4) is 0 Å². The van der Waals surface area contributed by atoms with Gasteiger partial charge in [0.2, 0.25) is 0 Å². The van der Waals surface area contributed by atoms with Crippen molar-refractivity contribution in [1.82, 2.24) is 0 Å². The minimum Gasteiger partial charge on any atom is -0.396 e. The van der Waals surface area contributed by atoms with Crippen molar-refractivity contribution < 1.29 is 9.84 Å². The van der Waals surface area contributed by atoms with Crippen molar-refractivity contribution >= 4 is 0 Å². The molecule has 1 unspecified atom stereocenters. The number of nitrogens with two attached hydrogens (primary N) is 1. The van der Waals surface area contributed by atoms with Crippen LogP contribution in [-0.4, -0.2) is 31.5 Å². The lowest BCUT2D eigenvalue weighted by molar-refractivity contribution is 0.144. The van der Waals surface area contributed by atoms with Crippen LogP contribution in [0.3, 0.4) is 0 Å². The first-order chi connectivity index (χ1) is 6.72. The van der Waals surface area contributed by atoms with E-state index in [4.69, 9.17) is 15.6 Å². The molecule has 0 amide bonds. The van der Waals surface area contributed by atoms with Crippen LogP contribution in [-0.2, 0) is 4.74 Å². The molecule has 0 aromatic rings. The molecular weight excluding hydrogens is 178 g/mol. The lowest BCUT2D eigenvalue weighted by Gasteiger charge is -2.12. The molecule has 0 heterocycles. The molecule has 0 saturated heterocycles. The van der Waals surface area contributed by atoms with Crippen LogP contribution in [0.5, 0.6) is 0 Å². The van der Waals surface area contributed by atoms with Gasteiger partial charge in [0.15, 0.2) is 0 Å². The third-order valence-electron chi connectivity index (χ3n) is 2.28. The van der Waals surface area contributed by atoms with E-state index in [1.54, 1.807) is 0 Å². The van der Waals surface area contributed by atoms with Crippen molar-refractivity contribution in [2.24, 2.45) is 11.7 Å². The first kappa shape index (κ1) is 13.6. The lowest BCUT2D eigenvalue weighted by atomic mass is 10.0. The first-order valence-corrected chi connectivity index (χ1v) is 5.28. The Kier molecular flexibility index (Phi) is 8.94. The molecule has 0 saturated carbocycles. The highest BCUT2D eigenvalue weighted by atomic mass is 16.5. The van der Waals surface area contributed by atoms with Crippen molar-refractivity contribution in [2.45, 2.75) is 26.2 Å². The summed E-state index contributed by atoms with van der Waals surface area (Å²) in [6, 6.07) is 0. The van der Waals surface area contributed by atoms with Crippen LogP contribution >= 0.6 is 0 Å². The Balaban J connectivity index is 3.23. The van der Waals surface area contributed by atoms with E-state index in [1.165, 1.54) is 0 Å². The molecule has 0 aromatic carbocycles. The second-order valence-electron chi connectivity index (χ2n) is 3.63. The summed E-state index contributed by atoms with van der Waals surface area (Å²) in [5.41, 5.74) is 6.56. The molecule has 0 radical (unpaired) electrons. The van der Waals surface area contributed by atoms with E-state index in [0.29, 0.717) is 19.1 Å². The average Bonchev–Trinajstić information content (AvgIpc) is 2.21. The summed E-state index contributed by atoms with van der Waals surface area (Å²) < 4.78 is 5.43. The average molecular weight is 201 g/mol. The summed E-state index contributed by atoms with van der Waals surface area (Å²) in [7, 11) is 0. The van der Waals surface area contributed by atoms with Crippen molar-refractivity contribution in [2.75, 3.05) is 26.4 Å². The van der Waals surface area contributed by atoms with Gasteiger partial charge in [-0.3, -0.25) is 0 Å². The minimum absolute atomic E-state index is 0.275. The summed E-state index contributed by atoms with van der Waals surface area (Å²) >= 11 is 0. The van der Waals surface area contributed by atoms with Crippen molar-refractivity contribution in [3.63, 3.8) is 0 Å². The maximum atomic E-state index is 8.55. The zero-order valence-corrected chi connectivity index (χ0v) is 9.17. The van der Waals surface area contributed by atoms with Gasteiger partial charge < -0.3 is 15.6 Å². The van der Waals surface area contributed by atoms with Crippen LogP contribution in [0.25, 0.3) is 0 Å². The number of rotatable bonds is 9. The summed E-state index contributed by atoms with van der Waals surface area (Å²) in [6.07, 6.45) is 2.89. The Labute approximate surface area is 86.9 Å². The molecule has 14 heavy (non-hydrogen) atoms. The van der Waals surface area contributed by atoms with E-state index in [-0.39, 0.29) is 6.61 Å². The Morgan fingerprint density at radius 1 is 1.43 bits per heavy atom. The highest BCUT2D eigenvalue weighted by Crippen LogP contribution is 2.06. The Morgan fingerprint density at radius 3 is 2.71 bits per heavy atom. The molecule has 0 fully saturated rings. The molecule has 0 aliphatic heterocycles. The standard InChI is InChI=1S/C11H23NO2/c1-10(8-12)11(2)9-14-7-5-3-4-6-13/h10,13H,2-9,12H2,1H3. The lowest BCUT2D eigenvalue weighted by Crippen LogP contribution is -2.15. The summed E-state index contributed by atoms with van der Waals surface area (Å²) in [5, 5.41) is 8.55. The van der Waals surface area contributed by atoms with Gasteiger partial charge >= 0.3 is 0 Å². The fourth-order valence-corrected chi connectivity index (χ4v) is 1.00. The number of aliphatic hydroxyl groups excluding tert-OH is 1. The number of aliphatic hydroxyl groups is 1. The number of hydrogen-bond donors (Lipinski definition) is 2. The molecule has 0 aliphatic rings. The first-order valence-electron chi connectivity index (χ1n) is 5.28. The van der Waals surface area contributed by atoms with E-state index in [0.717, 1.165) is 31.4 Å². The van der Waals surface area contributed by atoms with Crippen LogP contribution in [0, 0.1) is 5.92 Å². The van der Waals surface area contributed by atoms with Crippen molar-refractivity contribution in [1.29, 1.82) is 0 Å². The molecule has 0 bridgehead atoms. The smallest absolute Gasteiger partial charge is 0.0677 e. The fourth-order valence-electron chi connectivity index (χ4n) is 1.00. The van der Waals surface area contributed by atoms with Crippen LogP contribution in [0.4, 0.5) is 0 Å². The van der Waals surface area contributed by atoms with Crippen molar-refractivity contribution in [3.05, 3.63) is 12.2 Å². The molecular formula is C11H23NO2. The predicted molar refractivity (Wildman–Crippen MR) is 59.1 cm³/mol. The predicted octanol–water partition coefficient (Wildman–Crippen LogP) is 1.32. The summed E-state index contributed by atoms with van der Waals surface area (Å²) in [4.78, 5) is 0. The van der Waals surface area contributed by atoms with Gasteiger partial charge in [0.05, 0.1) is 6.61 Å². The molecule has 3 N–H and O–H groups in total. The molecule has 0 spiro atoms. The minimum atomic E-state index is 0.275. The van der Waals surface area contributed by atoms with Crippen LogP contribution < -0.4 is 5.73 Å². The highest BCUT2D eigenvalue weighted by molar-refractivity contribution is 4.99. The third-order valence-corrected chi connectivity index (χ3v) is 2.28. The van der Waals surface area contributed by atoms with E-state index >= 15 is 0 Å². The highest BCUT2D eigenvalue weighted by Gasteiger charge is 2.03. The molecule has 0 aliphatic carbocycles. The maximum absolute atomic E-state index is 8.55. The monoisotopic (exact) mass is 201 g/mol. The summed E-state index contributed by atoms with van der Waals surface area (Å²) in [5.74, 6) is 0.340. The second-order valence-corrected chi connectivity index (χ2v) is 3.63. The molecule has 3 nitrogen and oxygen atoms in total. The quantitative estimate of drug-likeness (QED) is 0.437. The topological polar surface area (TPSA) is 55.5 Å². The van der Waals surface area contributed by atoms with Gasteiger partial charge in [0.25, 0.3) is 0 Å². The third kappa shape index (κ3) is 7.06. The number of ether oxygens (including phenoxy) is 1. The zero-order chi connectivity index (χ0) is 10.8. The van der Waals surface area contributed by atoms with Crippen LogP contribution in [0.2, 0.25) is 0 Å². The van der Waals surface area contributed by atoms with Gasteiger partial charge in [0.1, 0.15) is 0 Å². The van der Waals surface area contributed by atoms with Gasteiger partial charge in [-0.05, 0) is 37.3 Å².